The minimum Gasteiger partial charge on any atom is -0.461 e. The van der Waals surface area contributed by atoms with Crippen molar-refractivity contribution in [2.24, 2.45) is 0 Å². The summed E-state index contributed by atoms with van der Waals surface area (Å²) in [4.78, 5) is 18.1. The van der Waals surface area contributed by atoms with Crippen LogP contribution in [-0.2, 0) is 6.54 Å². The molecule has 2 aromatic heterocycles. The van der Waals surface area contributed by atoms with E-state index in [0.29, 0.717) is 24.5 Å². The van der Waals surface area contributed by atoms with E-state index in [4.69, 9.17) is 4.74 Å². The number of thiazole rings is 1. The quantitative estimate of drug-likeness (QED) is 0.812. The Morgan fingerprint density at radius 2 is 1.90 bits per heavy atom. The van der Waals surface area contributed by atoms with Crippen molar-refractivity contribution >= 4 is 23.2 Å². The molecule has 0 spiro atoms. The molecular formula is C13H20N6OS. The van der Waals surface area contributed by atoms with Crippen LogP contribution < -0.4 is 15.4 Å². The SMILES string of the molecule is CCNc1nc(NCc2cnc(C)s2)nc(OC(C)C)n1. The van der Waals surface area contributed by atoms with Gasteiger partial charge in [0.25, 0.3) is 0 Å². The molecule has 0 aliphatic heterocycles. The number of nitrogens with zero attached hydrogens (tertiary/aromatic N) is 4. The smallest absolute Gasteiger partial charge is 0.323 e. The average molecular weight is 308 g/mol. The fourth-order valence-corrected chi connectivity index (χ4v) is 2.32. The van der Waals surface area contributed by atoms with Gasteiger partial charge in [-0.15, -0.1) is 11.3 Å². The first kappa shape index (κ1) is 15.4. The van der Waals surface area contributed by atoms with Gasteiger partial charge in [0.15, 0.2) is 0 Å². The number of hydrogen-bond donors (Lipinski definition) is 2. The highest BCUT2D eigenvalue weighted by molar-refractivity contribution is 7.11. The Kier molecular flexibility index (Phi) is 5.26. The third-order valence-corrected chi connectivity index (χ3v) is 3.29. The standard InChI is InChI=1S/C13H20N6OS/c1-5-14-11-17-12(19-13(18-11)20-8(2)3)16-7-10-6-15-9(4)21-10/h6,8H,5,7H2,1-4H3,(H2,14,16,17,18,19). The molecule has 0 fully saturated rings. The molecule has 0 bridgehead atoms. The fourth-order valence-electron chi connectivity index (χ4n) is 1.59. The lowest BCUT2D eigenvalue weighted by atomic mass is 10.5. The maximum absolute atomic E-state index is 5.55. The predicted octanol–water partition coefficient (Wildman–Crippen LogP) is 2.47. The van der Waals surface area contributed by atoms with Crippen LogP contribution >= 0.6 is 11.3 Å². The second kappa shape index (κ2) is 7.16. The van der Waals surface area contributed by atoms with E-state index in [1.807, 2.05) is 33.9 Å². The van der Waals surface area contributed by atoms with Crippen molar-refractivity contribution in [3.63, 3.8) is 0 Å². The Labute approximate surface area is 128 Å². The Morgan fingerprint density at radius 1 is 1.19 bits per heavy atom. The van der Waals surface area contributed by atoms with Gasteiger partial charge < -0.3 is 15.4 Å². The first-order valence-corrected chi connectivity index (χ1v) is 7.70. The van der Waals surface area contributed by atoms with Crippen LogP contribution in [0.15, 0.2) is 6.20 Å². The van der Waals surface area contributed by atoms with Gasteiger partial charge in [-0.25, -0.2) is 4.98 Å². The maximum Gasteiger partial charge on any atom is 0.323 e. The van der Waals surface area contributed by atoms with Crippen LogP contribution in [0.1, 0.15) is 30.7 Å². The number of aryl methyl sites for hydroxylation is 1. The van der Waals surface area contributed by atoms with Crippen LogP contribution in [-0.4, -0.2) is 32.6 Å². The van der Waals surface area contributed by atoms with E-state index in [9.17, 15) is 0 Å². The zero-order valence-corrected chi connectivity index (χ0v) is 13.5. The van der Waals surface area contributed by atoms with Gasteiger partial charge in [-0.05, 0) is 27.7 Å². The predicted molar refractivity (Wildman–Crippen MR) is 83.9 cm³/mol. The largest absolute Gasteiger partial charge is 0.461 e. The number of rotatable bonds is 7. The van der Waals surface area contributed by atoms with Crippen molar-refractivity contribution in [2.45, 2.75) is 40.3 Å². The fraction of sp³-hybridized carbons (Fsp3) is 0.538. The summed E-state index contributed by atoms with van der Waals surface area (Å²) in [5.41, 5.74) is 0. The molecular weight excluding hydrogens is 288 g/mol. The Balaban J connectivity index is 2.10. The van der Waals surface area contributed by atoms with Crippen LogP contribution in [0.3, 0.4) is 0 Å². The molecule has 0 atom stereocenters. The van der Waals surface area contributed by atoms with Gasteiger partial charge in [-0.2, -0.15) is 15.0 Å². The number of nitrogens with one attached hydrogen (secondary N) is 2. The minimum atomic E-state index is 0.0128. The summed E-state index contributed by atoms with van der Waals surface area (Å²) < 4.78 is 5.55. The summed E-state index contributed by atoms with van der Waals surface area (Å²) in [7, 11) is 0. The summed E-state index contributed by atoms with van der Waals surface area (Å²) in [5.74, 6) is 0.994. The second-order valence-electron chi connectivity index (χ2n) is 4.66. The monoisotopic (exact) mass is 308 g/mol. The van der Waals surface area contributed by atoms with Gasteiger partial charge in [-0.3, -0.25) is 0 Å². The molecule has 0 amide bonds. The number of aromatic nitrogens is 4. The van der Waals surface area contributed by atoms with Crippen LogP contribution in [0.25, 0.3) is 0 Å². The van der Waals surface area contributed by atoms with Crippen LogP contribution in [0, 0.1) is 6.92 Å². The normalized spacial score (nSPS) is 10.7. The zero-order valence-electron chi connectivity index (χ0n) is 12.7. The lowest BCUT2D eigenvalue weighted by Gasteiger charge is -2.11. The molecule has 0 saturated heterocycles. The molecule has 2 rings (SSSR count). The molecule has 2 aromatic rings. The molecule has 0 unspecified atom stereocenters. The second-order valence-corrected chi connectivity index (χ2v) is 5.98. The first-order valence-electron chi connectivity index (χ1n) is 6.88. The highest BCUT2D eigenvalue weighted by Crippen LogP contribution is 2.16. The molecule has 0 aromatic carbocycles. The molecule has 7 nitrogen and oxygen atoms in total. The van der Waals surface area contributed by atoms with Crippen molar-refractivity contribution in [3.05, 3.63) is 16.1 Å². The van der Waals surface area contributed by atoms with Crippen molar-refractivity contribution < 1.29 is 4.74 Å². The van der Waals surface area contributed by atoms with E-state index in [0.717, 1.165) is 16.4 Å². The van der Waals surface area contributed by atoms with Gasteiger partial charge in [-0.1, -0.05) is 0 Å². The third kappa shape index (κ3) is 4.82. The first-order chi connectivity index (χ1) is 10.1. The van der Waals surface area contributed by atoms with E-state index in [1.54, 1.807) is 11.3 Å². The Morgan fingerprint density at radius 3 is 2.48 bits per heavy atom. The number of ether oxygens (including phenoxy) is 1. The highest BCUT2D eigenvalue weighted by Gasteiger charge is 2.09. The summed E-state index contributed by atoms with van der Waals surface area (Å²) in [6, 6.07) is 0.318. The minimum absolute atomic E-state index is 0.0128. The molecule has 0 radical (unpaired) electrons. The molecule has 8 heteroatoms. The van der Waals surface area contributed by atoms with Crippen molar-refractivity contribution in [1.29, 1.82) is 0 Å². The van der Waals surface area contributed by atoms with E-state index in [-0.39, 0.29) is 6.10 Å². The number of hydrogen-bond acceptors (Lipinski definition) is 8. The van der Waals surface area contributed by atoms with Crippen molar-refractivity contribution in [3.8, 4) is 6.01 Å². The zero-order chi connectivity index (χ0) is 15.2. The number of anilines is 2. The van der Waals surface area contributed by atoms with Crippen LogP contribution in [0.5, 0.6) is 6.01 Å². The highest BCUT2D eigenvalue weighted by atomic mass is 32.1. The lowest BCUT2D eigenvalue weighted by Crippen LogP contribution is -2.13. The summed E-state index contributed by atoms with van der Waals surface area (Å²) in [6.45, 7) is 9.20. The van der Waals surface area contributed by atoms with E-state index < -0.39 is 0 Å². The van der Waals surface area contributed by atoms with Gasteiger partial charge in [0.2, 0.25) is 11.9 Å². The molecule has 2 N–H and O–H groups in total. The maximum atomic E-state index is 5.55. The van der Waals surface area contributed by atoms with E-state index in [1.165, 1.54) is 0 Å². The topological polar surface area (TPSA) is 84.9 Å². The molecule has 21 heavy (non-hydrogen) atoms. The average Bonchev–Trinajstić information content (AvgIpc) is 2.82. The lowest BCUT2D eigenvalue weighted by molar-refractivity contribution is 0.222. The summed E-state index contributed by atoms with van der Waals surface area (Å²) in [6.07, 6.45) is 1.86. The van der Waals surface area contributed by atoms with Gasteiger partial charge >= 0.3 is 6.01 Å². The Bertz CT molecular complexity index is 586. The summed E-state index contributed by atoms with van der Waals surface area (Å²) in [5, 5.41) is 7.29. The van der Waals surface area contributed by atoms with Gasteiger partial charge in [0.05, 0.1) is 17.7 Å². The Hall–Kier alpha value is -1.96. The van der Waals surface area contributed by atoms with Crippen molar-refractivity contribution in [2.75, 3.05) is 17.2 Å². The summed E-state index contributed by atoms with van der Waals surface area (Å²) >= 11 is 1.64. The molecule has 0 aliphatic rings. The third-order valence-electron chi connectivity index (χ3n) is 2.38. The molecule has 2 heterocycles. The molecule has 0 saturated carbocycles. The van der Waals surface area contributed by atoms with Gasteiger partial charge in [0, 0.05) is 17.6 Å². The van der Waals surface area contributed by atoms with E-state index >= 15 is 0 Å². The van der Waals surface area contributed by atoms with Crippen molar-refractivity contribution in [1.82, 2.24) is 19.9 Å². The van der Waals surface area contributed by atoms with Gasteiger partial charge in [0.1, 0.15) is 0 Å². The molecule has 114 valence electrons. The van der Waals surface area contributed by atoms with Crippen LogP contribution in [0.4, 0.5) is 11.9 Å². The van der Waals surface area contributed by atoms with E-state index in [2.05, 4.69) is 30.6 Å². The molecule has 0 aliphatic carbocycles. The van der Waals surface area contributed by atoms with Crippen LogP contribution in [0.2, 0.25) is 0 Å².